The normalized spacial score (nSPS) is 16.8. The Kier molecular flexibility index (Phi) is 7.56. The van der Waals surface area contributed by atoms with Crippen LogP contribution < -0.4 is 10.6 Å². The Morgan fingerprint density at radius 3 is 2.82 bits per heavy atom. The second kappa shape index (κ2) is 11.0. The Balaban J connectivity index is 1.14. The van der Waals surface area contributed by atoms with Gasteiger partial charge in [-0.15, -0.1) is 10.2 Å². The van der Waals surface area contributed by atoms with Gasteiger partial charge >= 0.3 is 0 Å². The number of carbonyl (C=O) groups excluding carboxylic acids is 2. The highest BCUT2D eigenvalue weighted by Crippen LogP contribution is 2.27. The molecule has 2 aliphatic rings. The number of fused-ring (bicyclic) bond motifs is 1. The minimum atomic E-state index is -0.366. The summed E-state index contributed by atoms with van der Waals surface area (Å²) in [6.07, 6.45) is 9.33. The van der Waals surface area contributed by atoms with E-state index in [2.05, 4.69) is 46.9 Å². The van der Waals surface area contributed by atoms with Gasteiger partial charge in [-0.3, -0.25) is 9.59 Å². The number of hydrogen-bond acceptors (Lipinski definition) is 7. The molecule has 2 amide bonds. The number of rotatable bonds is 10. The van der Waals surface area contributed by atoms with E-state index >= 15 is 0 Å². The molecule has 0 fully saturated rings. The number of azo groups is 1. The third-order valence-corrected chi connectivity index (χ3v) is 5.66. The molecule has 0 saturated carbocycles. The smallest absolute Gasteiger partial charge is 0.276 e. The fraction of sp³-hybridized carbons (Fsp3) is 0.304. The molecule has 2 heterocycles. The number of nitrogens with zero attached hydrogens (tertiary/aromatic N) is 4. The molecule has 9 nitrogen and oxygen atoms in total. The Labute approximate surface area is 199 Å². The highest BCUT2D eigenvalue weighted by Gasteiger charge is 2.26. The lowest BCUT2D eigenvalue weighted by atomic mass is 9.93. The molecule has 1 aliphatic carbocycles. The van der Waals surface area contributed by atoms with Crippen molar-refractivity contribution in [2.24, 2.45) is 16.1 Å². The van der Waals surface area contributed by atoms with Crippen molar-refractivity contribution in [2.45, 2.75) is 25.7 Å². The Morgan fingerprint density at radius 1 is 1.12 bits per heavy atom. The third-order valence-electron chi connectivity index (χ3n) is 5.13. The van der Waals surface area contributed by atoms with Crippen molar-refractivity contribution in [1.82, 2.24) is 20.8 Å². The van der Waals surface area contributed by atoms with Crippen molar-refractivity contribution in [3.05, 3.63) is 81.7 Å². The molecule has 0 bridgehead atoms. The first-order valence-corrected chi connectivity index (χ1v) is 11.5. The summed E-state index contributed by atoms with van der Waals surface area (Å²) in [4.78, 5) is 28.3. The highest BCUT2D eigenvalue weighted by molar-refractivity contribution is 9.10. The van der Waals surface area contributed by atoms with E-state index in [0.29, 0.717) is 49.9 Å². The quantitative estimate of drug-likeness (QED) is 0.472. The van der Waals surface area contributed by atoms with Crippen LogP contribution in [0.25, 0.3) is 0 Å². The van der Waals surface area contributed by atoms with Crippen LogP contribution >= 0.6 is 15.9 Å². The molecule has 2 aromatic rings. The minimum Gasteiger partial charge on any atom is -0.368 e. The number of carbonyl (C=O) groups is 2. The summed E-state index contributed by atoms with van der Waals surface area (Å²) >= 11 is 3.41. The first kappa shape index (κ1) is 22.8. The second-order valence-electron chi connectivity index (χ2n) is 7.60. The molecule has 33 heavy (non-hydrogen) atoms. The van der Waals surface area contributed by atoms with E-state index < -0.39 is 0 Å². The second-order valence-corrected chi connectivity index (χ2v) is 8.52. The lowest BCUT2D eigenvalue weighted by Gasteiger charge is -2.20. The molecule has 0 radical (unpaired) electrons. The molecule has 0 spiro atoms. The summed E-state index contributed by atoms with van der Waals surface area (Å²) in [5.74, 6) is 0.949. The van der Waals surface area contributed by atoms with Crippen LogP contribution in [0.1, 0.15) is 30.1 Å². The standard InChI is InChI=1S/C23H23BrN6O3/c24-16-8-6-15(7-9-16)14-19-27-21(33-30-19)11-10-20(31)25-12-3-13-26-22-17-4-1-2-5-18(17)23(32)29-28-22/h1-2,4-9,18,26H,3,10-14H2,(H,25,31). The van der Waals surface area contributed by atoms with Crippen LogP contribution in [0.15, 0.2) is 79.2 Å². The van der Waals surface area contributed by atoms with Crippen molar-refractivity contribution < 1.29 is 14.1 Å². The van der Waals surface area contributed by atoms with Gasteiger partial charge < -0.3 is 15.2 Å². The lowest BCUT2D eigenvalue weighted by molar-refractivity contribution is -0.121. The number of nitrogens with one attached hydrogen (secondary N) is 2. The zero-order chi connectivity index (χ0) is 23.0. The van der Waals surface area contributed by atoms with Gasteiger partial charge in [0.2, 0.25) is 11.8 Å². The van der Waals surface area contributed by atoms with Crippen LogP contribution in [0.5, 0.6) is 0 Å². The van der Waals surface area contributed by atoms with Crippen LogP contribution in [-0.2, 0) is 22.4 Å². The predicted molar refractivity (Wildman–Crippen MR) is 124 cm³/mol. The van der Waals surface area contributed by atoms with Crippen molar-refractivity contribution in [3.8, 4) is 0 Å². The van der Waals surface area contributed by atoms with Gasteiger partial charge in [-0.2, -0.15) is 4.98 Å². The minimum absolute atomic E-state index is 0.0759. The van der Waals surface area contributed by atoms with Crippen LogP contribution in [0.3, 0.4) is 0 Å². The number of aryl methyl sites for hydroxylation is 1. The largest absolute Gasteiger partial charge is 0.368 e. The summed E-state index contributed by atoms with van der Waals surface area (Å²) in [5, 5.41) is 17.7. The van der Waals surface area contributed by atoms with E-state index in [-0.39, 0.29) is 24.2 Å². The molecule has 1 aromatic carbocycles. The first-order chi connectivity index (χ1) is 16.1. The first-order valence-electron chi connectivity index (χ1n) is 10.7. The van der Waals surface area contributed by atoms with Gasteiger partial charge in [0.15, 0.2) is 11.6 Å². The Bertz CT molecular complexity index is 1130. The fourth-order valence-electron chi connectivity index (χ4n) is 3.42. The molecular formula is C23H23BrN6O3. The van der Waals surface area contributed by atoms with Crippen LogP contribution in [0, 0.1) is 5.92 Å². The molecule has 2 N–H and O–H groups in total. The van der Waals surface area contributed by atoms with E-state index in [4.69, 9.17) is 4.52 Å². The number of aromatic nitrogens is 2. The molecule has 1 atom stereocenters. The van der Waals surface area contributed by atoms with Gasteiger partial charge in [0.05, 0.1) is 5.92 Å². The maximum Gasteiger partial charge on any atom is 0.276 e. The van der Waals surface area contributed by atoms with Gasteiger partial charge in [0.1, 0.15) is 0 Å². The van der Waals surface area contributed by atoms with Crippen molar-refractivity contribution >= 4 is 27.7 Å². The average molecular weight is 511 g/mol. The summed E-state index contributed by atoms with van der Waals surface area (Å²) in [6, 6.07) is 7.93. The highest BCUT2D eigenvalue weighted by atomic mass is 79.9. The van der Waals surface area contributed by atoms with Gasteiger partial charge in [-0.05, 0) is 24.1 Å². The zero-order valence-corrected chi connectivity index (χ0v) is 19.4. The maximum atomic E-state index is 12.1. The van der Waals surface area contributed by atoms with E-state index in [1.165, 1.54) is 0 Å². The molecule has 1 unspecified atom stereocenters. The van der Waals surface area contributed by atoms with Crippen molar-refractivity contribution in [2.75, 3.05) is 13.1 Å². The molecule has 10 heteroatoms. The van der Waals surface area contributed by atoms with E-state index in [0.717, 1.165) is 15.6 Å². The summed E-state index contributed by atoms with van der Waals surface area (Å²) in [5.41, 5.74) is 1.90. The number of amides is 2. The van der Waals surface area contributed by atoms with E-state index in [1.807, 2.05) is 48.6 Å². The van der Waals surface area contributed by atoms with Gasteiger partial charge in [-0.25, -0.2) is 0 Å². The lowest BCUT2D eigenvalue weighted by Crippen LogP contribution is -2.28. The maximum absolute atomic E-state index is 12.1. The third kappa shape index (κ3) is 6.32. The monoisotopic (exact) mass is 510 g/mol. The Morgan fingerprint density at radius 2 is 1.97 bits per heavy atom. The number of allylic oxidation sites excluding steroid dienone is 3. The molecule has 1 aliphatic heterocycles. The predicted octanol–water partition coefficient (Wildman–Crippen LogP) is 3.40. The number of hydrogen-bond donors (Lipinski definition) is 2. The van der Waals surface area contributed by atoms with Crippen LogP contribution in [0.2, 0.25) is 0 Å². The van der Waals surface area contributed by atoms with E-state index in [1.54, 1.807) is 0 Å². The van der Waals surface area contributed by atoms with Gasteiger partial charge in [0.25, 0.3) is 5.91 Å². The summed E-state index contributed by atoms with van der Waals surface area (Å²) < 4.78 is 6.27. The summed E-state index contributed by atoms with van der Waals surface area (Å²) in [6.45, 7) is 1.11. The molecule has 1 aromatic heterocycles. The Hall–Kier alpha value is -3.40. The van der Waals surface area contributed by atoms with Crippen LogP contribution in [0.4, 0.5) is 0 Å². The van der Waals surface area contributed by atoms with Crippen molar-refractivity contribution in [1.29, 1.82) is 0 Å². The van der Waals surface area contributed by atoms with Gasteiger partial charge in [0, 0.05) is 42.4 Å². The van der Waals surface area contributed by atoms with Crippen LogP contribution in [-0.4, -0.2) is 35.0 Å². The number of halogens is 1. The molecule has 4 rings (SSSR count). The summed E-state index contributed by atoms with van der Waals surface area (Å²) in [7, 11) is 0. The average Bonchev–Trinajstić information content (AvgIpc) is 3.28. The van der Waals surface area contributed by atoms with Gasteiger partial charge in [-0.1, -0.05) is 57.5 Å². The van der Waals surface area contributed by atoms with Crippen molar-refractivity contribution in [3.63, 3.8) is 0 Å². The van der Waals surface area contributed by atoms with E-state index in [9.17, 15) is 9.59 Å². The fourth-order valence-corrected chi connectivity index (χ4v) is 3.68. The SMILES string of the molecule is O=C(CCc1nc(Cc2ccc(Br)cc2)no1)NCCCNC1=C2C=CC=CC2C(=O)N=N1. The zero-order valence-electron chi connectivity index (χ0n) is 17.8. The molecule has 170 valence electrons. The topological polar surface area (TPSA) is 122 Å². The number of benzene rings is 1. The molecular weight excluding hydrogens is 488 g/mol. The molecule has 0 saturated heterocycles.